The number of carbonyl (C=O) groups is 1. The molecule has 19 heteroatoms. The van der Waals surface area contributed by atoms with Gasteiger partial charge in [0, 0.05) is 6.42 Å². The van der Waals surface area contributed by atoms with Gasteiger partial charge in [0.05, 0.1) is 38.6 Å². The van der Waals surface area contributed by atoms with Gasteiger partial charge in [0.1, 0.15) is 73.2 Å². The molecule has 12 N–H and O–H groups in total. The summed E-state index contributed by atoms with van der Waals surface area (Å²) in [5, 5.41) is 120. The van der Waals surface area contributed by atoms with Crippen molar-refractivity contribution in [2.75, 3.05) is 26.4 Å². The molecule has 0 aliphatic carbocycles. The average molecular weight is 1170 g/mol. The standard InChI is InChI=1S/C63H113NO18/c1-3-5-7-9-11-13-15-17-18-19-20-21-22-23-24-25-26-27-28-29-30-32-34-36-38-40-47(68)46(64-51(69)41-39-37-35-33-31-16-14-12-10-8-6-4-2)45-77-61-57(75)54(72)59(49(43-66)79-61)82-63-58(76)55(73)60(50(44-67)80-63)81-62-56(74)53(71)52(70)48(42-65)78-62/h12,14,26-27,30,32,38,40,46-50,52-63,65-68,70-76H,3-11,13,15-25,28-29,31,33-37,39,41-45H2,1-2H3,(H,64,69)/b14-12-,27-26+,32-30+,40-38+. The Bertz CT molecular complexity index is 1680. The zero-order chi connectivity index (χ0) is 59.7. The Balaban J connectivity index is 1.48. The average Bonchev–Trinajstić information content (AvgIpc) is 3.34. The fourth-order valence-electron chi connectivity index (χ4n) is 10.6. The van der Waals surface area contributed by atoms with Gasteiger partial charge in [-0.1, -0.05) is 184 Å². The molecule has 3 aliphatic rings. The SMILES string of the molecule is CCCCC/C=C\CCCCCCCC(=O)NC(COC1OC(CO)C(OC2OC(CO)C(OC3OC(CO)C(O)C(O)C3O)C(O)C2O)C(O)C1O)C(O)/C=C/CC/C=C/CC/C=C/CCCCCCCCCCCCCCCCC. The minimum atomic E-state index is -1.98. The van der Waals surface area contributed by atoms with Gasteiger partial charge in [-0.25, -0.2) is 0 Å². The van der Waals surface area contributed by atoms with Crippen LogP contribution in [0.5, 0.6) is 0 Å². The van der Waals surface area contributed by atoms with Gasteiger partial charge < -0.3 is 89.9 Å². The van der Waals surface area contributed by atoms with E-state index < -0.39 is 124 Å². The van der Waals surface area contributed by atoms with Crippen LogP contribution in [0.1, 0.15) is 213 Å². The second-order valence-electron chi connectivity index (χ2n) is 22.8. The van der Waals surface area contributed by atoms with Crippen LogP contribution < -0.4 is 5.32 Å². The van der Waals surface area contributed by atoms with Crippen LogP contribution in [0.25, 0.3) is 0 Å². The molecule has 0 radical (unpaired) electrons. The third kappa shape index (κ3) is 29.0. The molecular formula is C63H113NO18. The van der Waals surface area contributed by atoms with Gasteiger partial charge in [0.15, 0.2) is 18.9 Å². The molecule has 3 saturated heterocycles. The van der Waals surface area contributed by atoms with Crippen LogP contribution >= 0.6 is 0 Å². The first-order valence-electron chi connectivity index (χ1n) is 31.9. The molecule has 1 amide bonds. The second-order valence-corrected chi connectivity index (χ2v) is 22.8. The zero-order valence-electron chi connectivity index (χ0n) is 50.0. The summed E-state index contributed by atoms with van der Waals surface area (Å²) in [4.78, 5) is 13.3. The van der Waals surface area contributed by atoms with Crippen molar-refractivity contribution in [1.29, 1.82) is 0 Å². The first kappa shape index (κ1) is 74.0. The van der Waals surface area contributed by atoms with E-state index >= 15 is 0 Å². The van der Waals surface area contributed by atoms with Crippen molar-refractivity contribution >= 4 is 5.91 Å². The number of ether oxygens (including phenoxy) is 6. The maximum absolute atomic E-state index is 13.3. The van der Waals surface area contributed by atoms with Gasteiger partial charge in [0.25, 0.3) is 0 Å². The Kier molecular flexibility index (Phi) is 41.5. The van der Waals surface area contributed by atoms with Crippen molar-refractivity contribution in [3.05, 3.63) is 48.6 Å². The molecule has 0 bridgehead atoms. The zero-order valence-corrected chi connectivity index (χ0v) is 50.0. The smallest absolute Gasteiger partial charge is 0.220 e. The van der Waals surface area contributed by atoms with E-state index in [2.05, 4.69) is 55.6 Å². The fourth-order valence-corrected chi connectivity index (χ4v) is 10.6. The van der Waals surface area contributed by atoms with Crippen molar-refractivity contribution in [3.8, 4) is 0 Å². The number of rotatable bonds is 47. The van der Waals surface area contributed by atoms with Crippen molar-refractivity contribution in [2.24, 2.45) is 0 Å². The summed E-state index contributed by atoms with van der Waals surface area (Å²) in [5.41, 5.74) is 0. The molecule has 17 unspecified atom stereocenters. The summed E-state index contributed by atoms with van der Waals surface area (Å²) in [6.07, 6.45) is 25.4. The van der Waals surface area contributed by atoms with E-state index in [-0.39, 0.29) is 18.9 Å². The summed E-state index contributed by atoms with van der Waals surface area (Å²) in [5.74, 6) is -0.301. The number of hydrogen-bond acceptors (Lipinski definition) is 18. The van der Waals surface area contributed by atoms with Crippen LogP contribution in [0.2, 0.25) is 0 Å². The van der Waals surface area contributed by atoms with Gasteiger partial charge in [-0.15, -0.1) is 0 Å². The lowest BCUT2D eigenvalue weighted by Crippen LogP contribution is -2.66. The largest absolute Gasteiger partial charge is 0.394 e. The molecule has 19 nitrogen and oxygen atoms in total. The third-order valence-corrected chi connectivity index (χ3v) is 15.8. The summed E-state index contributed by atoms with van der Waals surface area (Å²) in [6, 6.07) is -1.00. The van der Waals surface area contributed by atoms with Crippen LogP contribution in [0.3, 0.4) is 0 Å². The van der Waals surface area contributed by atoms with E-state index in [1.165, 1.54) is 116 Å². The summed E-state index contributed by atoms with van der Waals surface area (Å²) >= 11 is 0. The Morgan fingerprint density at radius 1 is 0.427 bits per heavy atom. The molecule has 3 aliphatic heterocycles. The lowest BCUT2D eigenvalue weighted by atomic mass is 9.96. The van der Waals surface area contributed by atoms with Crippen molar-refractivity contribution < 1.29 is 89.4 Å². The Labute approximate surface area is 491 Å². The molecule has 0 spiro atoms. The second kappa shape index (κ2) is 46.0. The van der Waals surface area contributed by atoms with E-state index in [9.17, 15) is 61.0 Å². The highest BCUT2D eigenvalue weighted by atomic mass is 16.8. The highest BCUT2D eigenvalue weighted by molar-refractivity contribution is 5.76. The minimum Gasteiger partial charge on any atom is -0.394 e. The highest BCUT2D eigenvalue weighted by Crippen LogP contribution is 2.33. The van der Waals surface area contributed by atoms with E-state index in [1.807, 2.05) is 6.08 Å². The molecule has 0 aromatic heterocycles. The Morgan fingerprint density at radius 2 is 0.780 bits per heavy atom. The fraction of sp³-hybridized carbons (Fsp3) is 0.857. The van der Waals surface area contributed by atoms with Crippen molar-refractivity contribution in [2.45, 2.75) is 317 Å². The number of nitrogens with one attached hydrogen (secondary N) is 1. The summed E-state index contributed by atoms with van der Waals surface area (Å²) in [6.45, 7) is 1.66. The van der Waals surface area contributed by atoms with Gasteiger partial charge in [-0.3, -0.25) is 4.79 Å². The molecule has 478 valence electrons. The van der Waals surface area contributed by atoms with Crippen LogP contribution in [-0.2, 0) is 33.2 Å². The number of carbonyl (C=O) groups excluding carboxylic acids is 1. The minimum absolute atomic E-state index is 0.220. The molecule has 0 saturated carbocycles. The Hall–Kier alpha value is -2.25. The maximum Gasteiger partial charge on any atom is 0.220 e. The molecular weight excluding hydrogens is 1060 g/mol. The van der Waals surface area contributed by atoms with Crippen LogP contribution in [0.15, 0.2) is 48.6 Å². The first-order chi connectivity index (χ1) is 39.8. The van der Waals surface area contributed by atoms with Crippen LogP contribution in [0, 0.1) is 0 Å². The molecule has 3 heterocycles. The number of aliphatic hydroxyl groups is 11. The summed E-state index contributed by atoms with van der Waals surface area (Å²) < 4.78 is 34.2. The van der Waals surface area contributed by atoms with Gasteiger partial charge in [-0.2, -0.15) is 0 Å². The Morgan fingerprint density at radius 3 is 1.24 bits per heavy atom. The van der Waals surface area contributed by atoms with Crippen LogP contribution in [0.4, 0.5) is 0 Å². The van der Waals surface area contributed by atoms with Gasteiger partial charge in [0.2, 0.25) is 5.91 Å². The van der Waals surface area contributed by atoms with E-state index in [0.717, 1.165) is 64.2 Å². The molecule has 3 rings (SSSR count). The number of amides is 1. The maximum atomic E-state index is 13.3. The molecule has 82 heavy (non-hydrogen) atoms. The van der Waals surface area contributed by atoms with Gasteiger partial charge in [-0.05, 0) is 70.6 Å². The normalized spacial score (nSPS) is 29.9. The van der Waals surface area contributed by atoms with E-state index in [4.69, 9.17) is 28.4 Å². The number of allylic oxidation sites excluding steroid dienone is 7. The van der Waals surface area contributed by atoms with E-state index in [0.29, 0.717) is 12.8 Å². The first-order valence-corrected chi connectivity index (χ1v) is 31.9. The lowest BCUT2D eigenvalue weighted by Gasteiger charge is -2.48. The predicted octanol–water partition coefficient (Wildman–Crippen LogP) is 6.65. The number of hydrogen-bond donors (Lipinski definition) is 12. The number of unbranched alkanes of at least 4 members (excludes halogenated alkanes) is 25. The highest BCUT2D eigenvalue weighted by Gasteiger charge is 2.53. The summed E-state index contributed by atoms with van der Waals surface area (Å²) in [7, 11) is 0. The monoisotopic (exact) mass is 1170 g/mol. The predicted molar refractivity (Wildman–Crippen MR) is 314 cm³/mol. The van der Waals surface area contributed by atoms with Crippen LogP contribution in [-0.4, -0.2) is 193 Å². The van der Waals surface area contributed by atoms with E-state index in [1.54, 1.807) is 6.08 Å². The molecule has 3 fully saturated rings. The van der Waals surface area contributed by atoms with Crippen molar-refractivity contribution in [3.63, 3.8) is 0 Å². The van der Waals surface area contributed by atoms with Crippen molar-refractivity contribution in [1.82, 2.24) is 5.32 Å². The molecule has 0 aromatic rings. The topological polar surface area (TPSA) is 307 Å². The van der Waals surface area contributed by atoms with Gasteiger partial charge >= 0.3 is 0 Å². The number of aliphatic hydroxyl groups excluding tert-OH is 11. The lowest BCUT2D eigenvalue weighted by molar-refractivity contribution is -0.379. The third-order valence-electron chi connectivity index (χ3n) is 15.8. The quantitative estimate of drug-likeness (QED) is 0.0224. The molecule has 0 aromatic carbocycles. The molecule has 17 atom stereocenters.